The van der Waals surface area contributed by atoms with Crippen LogP contribution in [0.25, 0.3) is 6.08 Å². The van der Waals surface area contributed by atoms with Crippen molar-refractivity contribution in [1.82, 2.24) is 4.98 Å². The van der Waals surface area contributed by atoms with Gasteiger partial charge in [0.2, 0.25) is 0 Å². The second kappa shape index (κ2) is 4.91. The molecule has 0 bridgehead atoms. The van der Waals surface area contributed by atoms with Gasteiger partial charge in [-0.15, -0.1) is 0 Å². The standard InChI is InChI=1S/C10H9NO3/c12-6-2-1-3-8-4-5-11-9(7-8)10(13)14/h1,3-7H,2H2,(H,13,14). The Morgan fingerprint density at radius 1 is 1.57 bits per heavy atom. The van der Waals surface area contributed by atoms with Gasteiger partial charge in [0.15, 0.2) is 0 Å². The van der Waals surface area contributed by atoms with Crippen LogP contribution in [0.15, 0.2) is 24.4 Å². The highest BCUT2D eigenvalue weighted by atomic mass is 16.4. The van der Waals surface area contributed by atoms with E-state index in [1.807, 2.05) is 0 Å². The molecule has 0 aliphatic carbocycles. The van der Waals surface area contributed by atoms with Gasteiger partial charge in [0, 0.05) is 12.6 Å². The van der Waals surface area contributed by atoms with E-state index in [0.717, 1.165) is 11.8 Å². The summed E-state index contributed by atoms with van der Waals surface area (Å²) >= 11 is 0. The van der Waals surface area contributed by atoms with Gasteiger partial charge in [-0.1, -0.05) is 12.2 Å². The molecule has 0 unspecified atom stereocenters. The fourth-order valence-electron chi connectivity index (χ4n) is 0.927. The molecule has 14 heavy (non-hydrogen) atoms. The summed E-state index contributed by atoms with van der Waals surface area (Å²) in [5.41, 5.74) is 0.720. The molecule has 0 aromatic carbocycles. The Hall–Kier alpha value is -1.97. The van der Waals surface area contributed by atoms with Gasteiger partial charge in [-0.05, 0) is 17.7 Å². The molecule has 0 spiro atoms. The molecule has 1 rings (SSSR count). The number of aromatic nitrogens is 1. The first-order chi connectivity index (χ1) is 6.74. The van der Waals surface area contributed by atoms with Crippen LogP contribution in [0.2, 0.25) is 0 Å². The van der Waals surface area contributed by atoms with Crippen LogP contribution in [0.1, 0.15) is 22.5 Å². The van der Waals surface area contributed by atoms with Crippen molar-refractivity contribution in [2.45, 2.75) is 6.42 Å². The quantitative estimate of drug-likeness (QED) is 0.730. The molecule has 1 aromatic rings. The number of rotatable bonds is 4. The zero-order valence-electron chi connectivity index (χ0n) is 7.38. The van der Waals surface area contributed by atoms with Crippen molar-refractivity contribution in [3.05, 3.63) is 35.7 Å². The second-order valence-corrected chi connectivity index (χ2v) is 2.58. The van der Waals surface area contributed by atoms with Crippen molar-refractivity contribution in [1.29, 1.82) is 0 Å². The molecule has 0 fully saturated rings. The minimum absolute atomic E-state index is 0.00162. The molecule has 1 heterocycles. The monoisotopic (exact) mass is 191 g/mol. The van der Waals surface area contributed by atoms with E-state index in [1.165, 1.54) is 12.3 Å². The summed E-state index contributed by atoms with van der Waals surface area (Å²) < 4.78 is 0. The van der Waals surface area contributed by atoms with Crippen molar-refractivity contribution >= 4 is 18.3 Å². The van der Waals surface area contributed by atoms with Crippen LogP contribution in [-0.4, -0.2) is 22.3 Å². The maximum absolute atomic E-state index is 10.5. The number of allylic oxidation sites excluding steroid dienone is 1. The Bertz CT molecular complexity index is 371. The minimum Gasteiger partial charge on any atom is -0.477 e. The highest BCUT2D eigenvalue weighted by molar-refractivity contribution is 5.86. The zero-order chi connectivity index (χ0) is 10.4. The van der Waals surface area contributed by atoms with Gasteiger partial charge in [-0.3, -0.25) is 0 Å². The first kappa shape index (κ1) is 10.1. The molecule has 0 saturated heterocycles. The first-order valence-electron chi connectivity index (χ1n) is 4.03. The number of carbonyl (C=O) groups excluding carboxylic acids is 1. The fourth-order valence-corrected chi connectivity index (χ4v) is 0.927. The lowest BCUT2D eigenvalue weighted by atomic mass is 10.2. The zero-order valence-corrected chi connectivity index (χ0v) is 7.38. The summed E-state index contributed by atoms with van der Waals surface area (Å²) in [5, 5.41) is 8.64. The fraction of sp³-hybridized carbons (Fsp3) is 0.100. The molecule has 0 amide bonds. The molecule has 1 N–H and O–H groups in total. The molecule has 0 aliphatic rings. The van der Waals surface area contributed by atoms with E-state index in [-0.39, 0.29) is 5.69 Å². The molecular formula is C10H9NO3. The van der Waals surface area contributed by atoms with Gasteiger partial charge in [-0.25, -0.2) is 9.78 Å². The number of aromatic carboxylic acids is 1. The van der Waals surface area contributed by atoms with Gasteiger partial charge in [-0.2, -0.15) is 0 Å². The molecule has 0 saturated carbocycles. The smallest absolute Gasteiger partial charge is 0.354 e. The highest BCUT2D eigenvalue weighted by Gasteiger charge is 2.02. The Morgan fingerprint density at radius 3 is 3.00 bits per heavy atom. The number of carboxylic acid groups (broad SMARTS) is 1. The van der Waals surface area contributed by atoms with Crippen molar-refractivity contribution in [3.63, 3.8) is 0 Å². The second-order valence-electron chi connectivity index (χ2n) is 2.58. The molecule has 4 nitrogen and oxygen atoms in total. The van der Waals surface area contributed by atoms with Gasteiger partial charge < -0.3 is 9.90 Å². The van der Waals surface area contributed by atoms with Crippen LogP contribution < -0.4 is 0 Å². The van der Waals surface area contributed by atoms with E-state index >= 15 is 0 Å². The average Bonchev–Trinajstić information content (AvgIpc) is 2.19. The first-order valence-corrected chi connectivity index (χ1v) is 4.03. The highest BCUT2D eigenvalue weighted by Crippen LogP contribution is 2.04. The number of carbonyl (C=O) groups is 2. The molecule has 0 atom stereocenters. The lowest BCUT2D eigenvalue weighted by Crippen LogP contribution is -1.99. The third kappa shape index (κ3) is 2.82. The molecule has 0 radical (unpaired) electrons. The van der Waals surface area contributed by atoms with E-state index < -0.39 is 5.97 Å². The third-order valence-corrected chi connectivity index (χ3v) is 1.55. The summed E-state index contributed by atoms with van der Waals surface area (Å²) in [6.45, 7) is 0. The normalized spacial score (nSPS) is 10.3. The largest absolute Gasteiger partial charge is 0.477 e. The number of hydrogen-bond donors (Lipinski definition) is 1. The van der Waals surface area contributed by atoms with Crippen molar-refractivity contribution in [3.8, 4) is 0 Å². The van der Waals surface area contributed by atoms with Crippen LogP contribution in [0.3, 0.4) is 0 Å². The van der Waals surface area contributed by atoms with E-state index in [4.69, 9.17) is 5.11 Å². The average molecular weight is 191 g/mol. The minimum atomic E-state index is -1.06. The van der Waals surface area contributed by atoms with Crippen LogP contribution in [0.4, 0.5) is 0 Å². The number of pyridine rings is 1. The number of nitrogens with zero attached hydrogens (tertiary/aromatic N) is 1. The predicted molar refractivity (Wildman–Crippen MR) is 50.9 cm³/mol. The maximum atomic E-state index is 10.5. The summed E-state index contributed by atoms with van der Waals surface area (Å²) in [4.78, 5) is 24.2. The number of carboxylic acids is 1. The maximum Gasteiger partial charge on any atom is 0.354 e. The van der Waals surface area contributed by atoms with E-state index in [9.17, 15) is 9.59 Å². The van der Waals surface area contributed by atoms with Gasteiger partial charge in [0.25, 0.3) is 0 Å². The molecule has 4 heteroatoms. The molecule has 0 aliphatic heterocycles. The topological polar surface area (TPSA) is 67.3 Å². The summed E-state index contributed by atoms with van der Waals surface area (Å²) in [6.07, 6.45) is 5.86. The number of aldehydes is 1. The van der Waals surface area contributed by atoms with Crippen LogP contribution >= 0.6 is 0 Å². The van der Waals surface area contributed by atoms with E-state index in [2.05, 4.69) is 4.98 Å². The van der Waals surface area contributed by atoms with Gasteiger partial charge in [0.1, 0.15) is 12.0 Å². The van der Waals surface area contributed by atoms with Crippen molar-refractivity contribution in [2.75, 3.05) is 0 Å². The van der Waals surface area contributed by atoms with Crippen LogP contribution in [0, 0.1) is 0 Å². The SMILES string of the molecule is O=CCC=Cc1ccnc(C(=O)O)c1. The Labute approximate surface area is 80.9 Å². The van der Waals surface area contributed by atoms with E-state index in [1.54, 1.807) is 18.2 Å². The van der Waals surface area contributed by atoms with Gasteiger partial charge >= 0.3 is 5.97 Å². The molecule has 1 aromatic heterocycles. The molecule has 72 valence electrons. The Kier molecular flexibility index (Phi) is 3.55. The van der Waals surface area contributed by atoms with Gasteiger partial charge in [0.05, 0.1) is 0 Å². The van der Waals surface area contributed by atoms with Crippen LogP contribution in [0.5, 0.6) is 0 Å². The Morgan fingerprint density at radius 2 is 2.36 bits per heavy atom. The summed E-state index contributed by atoms with van der Waals surface area (Å²) in [7, 11) is 0. The lowest BCUT2D eigenvalue weighted by molar-refractivity contribution is -0.107. The summed E-state index contributed by atoms with van der Waals surface area (Å²) in [5.74, 6) is -1.06. The predicted octanol–water partition coefficient (Wildman–Crippen LogP) is 1.38. The van der Waals surface area contributed by atoms with Crippen molar-refractivity contribution in [2.24, 2.45) is 0 Å². The molecular weight excluding hydrogens is 182 g/mol. The Balaban J connectivity index is 2.83. The number of hydrogen-bond acceptors (Lipinski definition) is 3. The third-order valence-electron chi connectivity index (χ3n) is 1.55. The van der Waals surface area contributed by atoms with Crippen molar-refractivity contribution < 1.29 is 14.7 Å². The van der Waals surface area contributed by atoms with E-state index in [0.29, 0.717) is 6.42 Å². The lowest BCUT2D eigenvalue weighted by Gasteiger charge is -1.94. The van der Waals surface area contributed by atoms with Crippen LogP contribution in [-0.2, 0) is 4.79 Å². The summed E-state index contributed by atoms with van der Waals surface area (Å²) in [6, 6.07) is 3.12.